The molecule has 0 N–H and O–H groups in total. The van der Waals surface area contributed by atoms with Gasteiger partial charge in [0.05, 0.1) is 18.0 Å². The van der Waals surface area contributed by atoms with Gasteiger partial charge in [-0.3, -0.25) is 4.79 Å². The monoisotopic (exact) mass is 391 g/mol. The second kappa shape index (κ2) is 10.2. The minimum Gasteiger partial charge on any atom is -0.463 e. The molecule has 2 heterocycles. The Kier molecular flexibility index (Phi) is 7.16. The van der Waals surface area contributed by atoms with E-state index in [1.807, 2.05) is 35.2 Å². The molecule has 0 spiro atoms. The molecule has 0 atom stereocenters. The number of carbonyl (C=O) groups excluding carboxylic acids is 2. The predicted molar refractivity (Wildman–Crippen MR) is 114 cm³/mol. The maximum Gasteiger partial charge on any atom is 0.330 e. The van der Waals surface area contributed by atoms with Crippen molar-refractivity contribution in [3.05, 3.63) is 72.1 Å². The first-order valence-corrected chi connectivity index (χ1v) is 9.74. The van der Waals surface area contributed by atoms with Crippen molar-refractivity contribution in [3.63, 3.8) is 0 Å². The van der Waals surface area contributed by atoms with Gasteiger partial charge in [-0.15, -0.1) is 0 Å². The summed E-state index contributed by atoms with van der Waals surface area (Å²) in [5, 5.41) is 0. The van der Waals surface area contributed by atoms with Gasteiger partial charge in [-0.05, 0) is 43.3 Å². The fourth-order valence-corrected chi connectivity index (χ4v) is 3.08. The molecule has 1 saturated heterocycles. The number of ether oxygens (including phenoxy) is 1. The summed E-state index contributed by atoms with van der Waals surface area (Å²) in [5.74, 6) is -0.424. The molecule has 150 valence electrons. The Balaban J connectivity index is 1.54. The third-order valence-corrected chi connectivity index (χ3v) is 4.58. The van der Waals surface area contributed by atoms with Gasteiger partial charge >= 0.3 is 5.97 Å². The third kappa shape index (κ3) is 6.04. The number of hydrogen-bond acceptors (Lipinski definition) is 5. The van der Waals surface area contributed by atoms with E-state index in [1.54, 1.807) is 31.2 Å². The first kappa shape index (κ1) is 20.3. The van der Waals surface area contributed by atoms with Crippen LogP contribution in [0.4, 0.5) is 5.69 Å². The molecule has 1 aliphatic rings. The number of hydrogen-bond donors (Lipinski definition) is 0. The van der Waals surface area contributed by atoms with Gasteiger partial charge in [0, 0.05) is 44.0 Å². The summed E-state index contributed by atoms with van der Waals surface area (Å²) in [5.41, 5.74) is 2.48. The highest BCUT2D eigenvalue weighted by atomic mass is 16.5. The summed E-state index contributed by atoms with van der Waals surface area (Å²) in [7, 11) is 0. The number of amides is 1. The summed E-state index contributed by atoms with van der Waals surface area (Å²) in [6.45, 7) is 5.10. The average Bonchev–Trinajstić information content (AvgIpc) is 2.77. The van der Waals surface area contributed by atoms with E-state index >= 15 is 0 Å². The summed E-state index contributed by atoms with van der Waals surface area (Å²) >= 11 is 0. The number of nitrogens with zero attached hydrogens (tertiary/aromatic N) is 3. The molecule has 3 rings (SSSR count). The number of carbonyl (C=O) groups is 2. The molecule has 29 heavy (non-hydrogen) atoms. The molecule has 0 bridgehead atoms. The van der Waals surface area contributed by atoms with Crippen molar-refractivity contribution < 1.29 is 14.3 Å². The molecule has 6 nitrogen and oxygen atoms in total. The zero-order valence-electron chi connectivity index (χ0n) is 16.5. The summed E-state index contributed by atoms with van der Waals surface area (Å²) in [6, 6.07) is 15.7. The van der Waals surface area contributed by atoms with E-state index in [4.69, 9.17) is 4.74 Å². The summed E-state index contributed by atoms with van der Waals surface area (Å²) in [4.78, 5) is 32.5. The van der Waals surface area contributed by atoms with Crippen LogP contribution >= 0.6 is 0 Å². The number of rotatable bonds is 6. The van der Waals surface area contributed by atoms with Gasteiger partial charge in [-0.2, -0.15) is 0 Å². The maximum atomic E-state index is 12.5. The number of para-hydroxylation sites is 1. The topological polar surface area (TPSA) is 62.7 Å². The van der Waals surface area contributed by atoms with E-state index in [2.05, 4.69) is 22.0 Å². The van der Waals surface area contributed by atoms with E-state index in [9.17, 15) is 9.59 Å². The van der Waals surface area contributed by atoms with Crippen LogP contribution in [0.2, 0.25) is 0 Å². The highest BCUT2D eigenvalue weighted by Gasteiger charge is 2.19. The third-order valence-electron chi connectivity index (χ3n) is 4.58. The molecular weight excluding hydrogens is 366 g/mol. The Morgan fingerprint density at radius 3 is 2.24 bits per heavy atom. The molecule has 1 aliphatic heterocycles. The van der Waals surface area contributed by atoms with E-state index in [0.29, 0.717) is 31.1 Å². The van der Waals surface area contributed by atoms with E-state index in [-0.39, 0.29) is 5.91 Å². The smallest absolute Gasteiger partial charge is 0.330 e. The molecule has 0 unspecified atom stereocenters. The zero-order valence-corrected chi connectivity index (χ0v) is 16.5. The van der Waals surface area contributed by atoms with Crippen LogP contribution in [0.1, 0.15) is 18.3 Å². The van der Waals surface area contributed by atoms with E-state index in [0.717, 1.165) is 13.1 Å². The lowest BCUT2D eigenvalue weighted by molar-refractivity contribution is -0.137. The predicted octanol–water partition coefficient (Wildman–Crippen LogP) is 3.02. The Morgan fingerprint density at radius 2 is 1.59 bits per heavy atom. The van der Waals surface area contributed by atoms with Crippen LogP contribution in [0.5, 0.6) is 0 Å². The van der Waals surface area contributed by atoms with Gasteiger partial charge in [0.25, 0.3) is 0 Å². The number of pyridine rings is 1. The average molecular weight is 391 g/mol. The first-order chi connectivity index (χ1) is 14.2. The molecule has 2 aromatic rings. The fourth-order valence-electron chi connectivity index (χ4n) is 3.08. The SMILES string of the molecule is CCOC(=O)/C=C/c1cccc(/C=C/C(=O)N2CCN(c3ccccc3)CC2)n1. The van der Waals surface area contributed by atoms with Crippen molar-refractivity contribution in [2.45, 2.75) is 6.92 Å². The molecule has 0 radical (unpaired) electrons. The lowest BCUT2D eigenvalue weighted by Crippen LogP contribution is -2.48. The number of anilines is 1. The van der Waals surface area contributed by atoms with Crippen molar-refractivity contribution in [2.75, 3.05) is 37.7 Å². The lowest BCUT2D eigenvalue weighted by atomic mass is 10.2. The van der Waals surface area contributed by atoms with Crippen LogP contribution in [-0.4, -0.2) is 54.5 Å². The van der Waals surface area contributed by atoms with Gasteiger partial charge in [-0.1, -0.05) is 24.3 Å². The Labute approximate surface area is 171 Å². The summed E-state index contributed by atoms with van der Waals surface area (Å²) in [6.07, 6.45) is 6.20. The molecule has 1 amide bonds. The maximum absolute atomic E-state index is 12.5. The van der Waals surface area contributed by atoms with Gasteiger partial charge in [0.1, 0.15) is 0 Å². The number of benzene rings is 1. The summed E-state index contributed by atoms with van der Waals surface area (Å²) < 4.78 is 4.85. The highest BCUT2D eigenvalue weighted by Crippen LogP contribution is 2.15. The second-order valence-corrected chi connectivity index (χ2v) is 6.55. The molecular formula is C23H25N3O3. The van der Waals surface area contributed by atoms with E-state index in [1.165, 1.54) is 11.8 Å². The molecule has 1 aromatic carbocycles. The largest absolute Gasteiger partial charge is 0.463 e. The van der Waals surface area contributed by atoms with Gasteiger partial charge in [0.2, 0.25) is 5.91 Å². The Bertz CT molecular complexity index is 885. The normalized spacial score (nSPS) is 14.5. The molecule has 6 heteroatoms. The van der Waals surface area contributed by atoms with Crippen LogP contribution in [0, 0.1) is 0 Å². The number of esters is 1. The van der Waals surface area contributed by atoms with Crippen LogP contribution in [-0.2, 0) is 14.3 Å². The fraction of sp³-hybridized carbons (Fsp3) is 0.261. The van der Waals surface area contributed by atoms with Crippen LogP contribution in [0.3, 0.4) is 0 Å². The Morgan fingerprint density at radius 1 is 0.931 bits per heavy atom. The molecule has 0 aliphatic carbocycles. The van der Waals surface area contributed by atoms with Crippen LogP contribution in [0.15, 0.2) is 60.7 Å². The van der Waals surface area contributed by atoms with Crippen LogP contribution in [0.25, 0.3) is 12.2 Å². The van der Waals surface area contributed by atoms with Gasteiger partial charge in [0.15, 0.2) is 0 Å². The van der Waals surface area contributed by atoms with Crippen molar-refractivity contribution in [1.82, 2.24) is 9.88 Å². The second-order valence-electron chi connectivity index (χ2n) is 6.55. The highest BCUT2D eigenvalue weighted by molar-refractivity contribution is 5.91. The molecule has 1 fully saturated rings. The van der Waals surface area contributed by atoms with Crippen LogP contribution < -0.4 is 4.90 Å². The molecule has 1 aromatic heterocycles. The standard InChI is InChI=1S/C23H25N3O3/c1-2-29-23(28)14-12-20-8-6-7-19(24-20)11-13-22(27)26-17-15-25(16-18-26)21-9-4-3-5-10-21/h3-14H,2,15-18H2,1H3/b13-11+,14-12+. The van der Waals surface area contributed by atoms with Crippen molar-refractivity contribution >= 4 is 29.7 Å². The minimum atomic E-state index is -0.403. The zero-order chi connectivity index (χ0) is 20.5. The number of piperazine rings is 1. The van der Waals surface area contributed by atoms with E-state index < -0.39 is 5.97 Å². The van der Waals surface area contributed by atoms with Crippen molar-refractivity contribution in [1.29, 1.82) is 0 Å². The Hall–Kier alpha value is -3.41. The quantitative estimate of drug-likeness (QED) is 0.560. The van der Waals surface area contributed by atoms with Crippen molar-refractivity contribution in [2.24, 2.45) is 0 Å². The van der Waals surface area contributed by atoms with Gasteiger partial charge in [-0.25, -0.2) is 9.78 Å². The first-order valence-electron chi connectivity index (χ1n) is 9.74. The van der Waals surface area contributed by atoms with Gasteiger partial charge < -0.3 is 14.5 Å². The minimum absolute atomic E-state index is 0.0213. The molecule has 0 saturated carbocycles. The van der Waals surface area contributed by atoms with Crippen molar-refractivity contribution in [3.8, 4) is 0 Å². The number of aromatic nitrogens is 1. The lowest BCUT2D eigenvalue weighted by Gasteiger charge is -2.35.